The van der Waals surface area contributed by atoms with Crippen molar-refractivity contribution >= 4 is 16.8 Å². The summed E-state index contributed by atoms with van der Waals surface area (Å²) in [6.07, 6.45) is 0. The van der Waals surface area contributed by atoms with Gasteiger partial charge in [0, 0.05) is 37.1 Å². The number of ether oxygens (including phenoxy) is 1. The standard InChI is InChI=1S/C18H23N3O2/c1-11-15-6-14(23-3)4-5-16(15)19-17(11)18(22)21-9-12-7-20(2)8-13(12)10-21/h4-6,12-13,19H,7-10H2,1-3H3/t12-,13+. The zero-order chi connectivity index (χ0) is 16.1. The first-order valence-electron chi connectivity index (χ1n) is 8.21. The Morgan fingerprint density at radius 3 is 2.57 bits per heavy atom. The molecule has 0 radical (unpaired) electrons. The number of benzene rings is 1. The van der Waals surface area contributed by atoms with E-state index in [4.69, 9.17) is 4.74 Å². The molecule has 122 valence electrons. The largest absolute Gasteiger partial charge is 0.497 e. The number of aryl methyl sites for hydroxylation is 1. The van der Waals surface area contributed by atoms with Crippen LogP contribution < -0.4 is 4.74 Å². The molecule has 0 aliphatic carbocycles. The molecule has 1 amide bonds. The molecule has 2 fully saturated rings. The lowest BCUT2D eigenvalue weighted by Crippen LogP contribution is -2.32. The number of nitrogens with zero attached hydrogens (tertiary/aromatic N) is 2. The molecule has 1 aromatic heterocycles. The van der Waals surface area contributed by atoms with Crippen molar-refractivity contribution in [3.05, 3.63) is 29.5 Å². The van der Waals surface area contributed by atoms with Gasteiger partial charge in [0.1, 0.15) is 11.4 Å². The molecule has 23 heavy (non-hydrogen) atoms. The second kappa shape index (κ2) is 5.27. The molecule has 0 bridgehead atoms. The molecule has 4 rings (SSSR count). The van der Waals surface area contributed by atoms with E-state index in [0.717, 1.165) is 54.1 Å². The zero-order valence-electron chi connectivity index (χ0n) is 13.9. The van der Waals surface area contributed by atoms with Crippen molar-refractivity contribution in [2.45, 2.75) is 6.92 Å². The van der Waals surface area contributed by atoms with Crippen LogP contribution in [0.25, 0.3) is 10.9 Å². The molecule has 2 aliphatic rings. The zero-order valence-corrected chi connectivity index (χ0v) is 13.9. The summed E-state index contributed by atoms with van der Waals surface area (Å²) in [6, 6.07) is 5.89. The van der Waals surface area contributed by atoms with E-state index < -0.39 is 0 Å². The fraction of sp³-hybridized carbons (Fsp3) is 0.500. The molecule has 0 unspecified atom stereocenters. The number of amides is 1. The van der Waals surface area contributed by atoms with E-state index in [1.807, 2.05) is 30.0 Å². The molecule has 0 spiro atoms. The highest BCUT2D eigenvalue weighted by Gasteiger charge is 2.41. The van der Waals surface area contributed by atoms with Gasteiger partial charge in [0.25, 0.3) is 5.91 Å². The Morgan fingerprint density at radius 2 is 1.91 bits per heavy atom. The van der Waals surface area contributed by atoms with Crippen molar-refractivity contribution in [2.24, 2.45) is 11.8 Å². The van der Waals surface area contributed by atoms with Gasteiger partial charge < -0.3 is 19.5 Å². The van der Waals surface area contributed by atoms with E-state index in [1.165, 1.54) is 0 Å². The lowest BCUT2D eigenvalue weighted by molar-refractivity contribution is 0.0770. The minimum absolute atomic E-state index is 0.134. The first kappa shape index (κ1) is 14.6. The molecular weight excluding hydrogens is 290 g/mol. The Bertz CT molecular complexity index is 753. The van der Waals surface area contributed by atoms with Gasteiger partial charge in [-0.15, -0.1) is 0 Å². The minimum Gasteiger partial charge on any atom is -0.497 e. The van der Waals surface area contributed by atoms with Crippen molar-refractivity contribution in [2.75, 3.05) is 40.3 Å². The molecule has 5 heteroatoms. The van der Waals surface area contributed by atoms with E-state index in [-0.39, 0.29) is 5.91 Å². The molecule has 2 aliphatic heterocycles. The van der Waals surface area contributed by atoms with Crippen molar-refractivity contribution in [1.29, 1.82) is 0 Å². The van der Waals surface area contributed by atoms with Crippen molar-refractivity contribution in [3.63, 3.8) is 0 Å². The van der Waals surface area contributed by atoms with E-state index in [1.54, 1.807) is 7.11 Å². The summed E-state index contributed by atoms with van der Waals surface area (Å²) < 4.78 is 5.29. The quantitative estimate of drug-likeness (QED) is 0.924. The highest BCUT2D eigenvalue weighted by Crippen LogP contribution is 2.32. The van der Waals surface area contributed by atoms with Crippen LogP contribution in [0.1, 0.15) is 16.1 Å². The Morgan fingerprint density at radius 1 is 1.22 bits per heavy atom. The van der Waals surface area contributed by atoms with Crippen molar-refractivity contribution in [1.82, 2.24) is 14.8 Å². The van der Waals surface area contributed by atoms with Gasteiger partial charge in [0.05, 0.1) is 7.11 Å². The fourth-order valence-corrected chi connectivity index (χ4v) is 4.20. The number of aromatic amines is 1. The van der Waals surface area contributed by atoms with Crippen LogP contribution in [-0.2, 0) is 0 Å². The van der Waals surface area contributed by atoms with Crippen LogP contribution in [0.3, 0.4) is 0 Å². The van der Waals surface area contributed by atoms with E-state index >= 15 is 0 Å². The van der Waals surface area contributed by atoms with Gasteiger partial charge in [0.2, 0.25) is 0 Å². The number of rotatable bonds is 2. The predicted octanol–water partition coefficient (Wildman–Crippen LogP) is 2.12. The molecule has 2 atom stereocenters. The third-order valence-electron chi connectivity index (χ3n) is 5.44. The van der Waals surface area contributed by atoms with Gasteiger partial charge in [-0.2, -0.15) is 0 Å². The van der Waals surface area contributed by atoms with Crippen LogP contribution in [0.5, 0.6) is 5.75 Å². The number of methoxy groups -OCH3 is 1. The number of fused-ring (bicyclic) bond motifs is 2. The number of H-pyrrole nitrogens is 1. The van der Waals surface area contributed by atoms with Crippen molar-refractivity contribution in [3.8, 4) is 5.75 Å². The number of aromatic nitrogens is 1. The number of carbonyl (C=O) groups excluding carboxylic acids is 1. The minimum atomic E-state index is 0.134. The molecule has 0 saturated carbocycles. The summed E-state index contributed by atoms with van der Waals surface area (Å²) in [5.74, 6) is 2.22. The molecule has 1 N–H and O–H groups in total. The molecule has 3 heterocycles. The number of nitrogens with one attached hydrogen (secondary N) is 1. The monoisotopic (exact) mass is 313 g/mol. The van der Waals surface area contributed by atoms with E-state index in [0.29, 0.717) is 11.8 Å². The SMILES string of the molecule is COc1ccc2[nH]c(C(=O)N3C[C@H]4CN(C)C[C@H]4C3)c(C)c2c1. The van der Waals surface area contributed by atoms with Crippen LogP contribution in [-0.4, -0.2) is 61.0 Å². The molecule has 2 saturated heterocycles. The average molecular weight is 313 g/mol. The summed E-state index contributed by atoms with van der Waals surface area (Å²) in [6.45, 7) is 5.99. The summed E-state index contributed by atoms with van der Waals surface area (Å²) >= 11 is 0. The summed E-state index contributed by atoms with van der Waals surface area (Å²) in [5, 5.41) is 1.06. The maximum Gasteiger partial charge on any atom is 0.270 e. The van der Waals surface area contributed by atoms with Crippen LogP contribution in [0.15, 0.2) is 18.2 Å². The van der Waals surface area contributed by atoms with Crippen LogP contribution in [0.4, 0.5) is 0 Å². The first-order valence-corrected chi connectivity index (χ1v) is 8.21. The first-order chi connectivity index (χ1) is 11.1. The van der Waals surface area contributed by atoms with Gasteiger partial charge in [-0.05, 0) is 49.6 Å². The normalized spacial score (nSPS) is 24.4. The predicted molar refractivity (Wildman–Crippen MR) is 90.0 cm³/mol. The molecule has 1 aromatic carbocycles. The smallest absolute Gasteiger partial charge is 0.270 e. The van der Waals surface area contributed by atoms with E-state index in [2.05, 4.69) is 16.9 Å². The van der Waals surface area contributed by atoms with Crippen molar-refractivity contribution < 1.29 is 9.53 Å². The second-order valence-corrected chi connectivity index (χ2v) is 6.99. The highest BCUT2D eigenvalue weighted by atomic mass is 16.5. The summed E-state index contributed by atoms with van der Waals surface area (Å²) in [4.78, 5) is 20.7. The summed E-state index contributed by atoms with van der Waals surface area (Å²) in [5.41, 5.74) is 2.73. The average Bonchev–Trinajstić information content (AvgIpc) is 3.17. The lowest BCUT2D eigenvalue weighted by Gasteiger charge is -2.19. The lowest BCUT2D eigenvalue weighted by atomic mass is 10.0. The van der Waals surface area contributed by atoms with Gasteiger partial charge in [0.15, 0.2) is 0 Å². The molecular formula is C18H23N3O2. The number of likely N-dealkylation sites (tertiary alicyclic amines) is 2. The van der Waals surface area contributed by atoms with Gasteiger partial charge >= 0.3 is 0 Å². The van der Waals surface area contributed by atoms with Gasteiger partial charge in [-0.25, -0.2) is 0 Å². The Labute approximate surface area is 136 Å². The number of carbonyl (C=O) groups is 1. The topological polar surface area (TPSA) is 48.6 Å². The van der Waals surface area contributed by atoms with Gasteiger partial charge in [-0.1, -0.05) is 0 Å². The maximum absolute atomic E-state index is 13.0. The Balaban J connectivity index is 1.62. The second-order valence-electron chi connectivity index (χ2n) is 6.99. The maximum atomic E-state index is 13.0. The van der Waals surface area contributed by atoms with Gasteiger partial charge in [-0.3, -0.25) is 4.79 Å². The molecule has 5 nitrogen and oxygen atoms in total. The highest BCUT2D eigenvalue weighted by molar-refractivity contribution is 6.01. The van der Waals surface area contributed by atoms with E-state index in [9.17, 15) is 4.79 Å². The third-order valence-corrected chi connectivity index (χ3v) is 5.44. The van der Waals surface area contributed by atoms with Crippen LogP contribution >= 0.6 is 0 Å². The molecule has 2 aromatic rings. The van der Waals surface area contributed by atoms with Crippen LogP contribution in [0.2, 0.25) is 0 Å². The summed E-state index contributed by atoms with van der Waals surface area (Å²) in [7, 11) is 3.83. The number of hydrogen-bond donors (Lipinski definition) is 1. The third kappa shape index (κ3) is 2.30. The Kier molecular flexibility index (Phi) is 3.34. The number of hydrogen-bond acceptors (Lipinski definition) is 3. The Hall–Kier alpha value is -2.01. The van der Waals surface area contributed by atoms with Crippen LogP contribution in [0, 0.1) is 18.8 Å². The fourth-order valence-electron chi connectivity index (χ4n) is 4.20.